The molecular formula is C14H19IN4O3. The van der Waals surface area contributed by atoms with Gasteiger partial charge < -0.3 is 20.3 Å². The van der Waals surface area contributed by atoms with Gasteiger partial charge in [-0.1, -0.05) is 6.92 Å². The van der Waals surface area contributed by atoms with Gasteiger partial charge in [0.15, 0.2) is 5.94 Å². The number of halogens is 1. The van der Waals surface area contributed by atoms with Gasteiger partial charge in [0.1, 0.15) is 5.70 Å². The number of primary amides is 1. The van der Waals surface area contributed by atoms with Crippen LogP contribution < -0.4 is 5.73 Å². The standard InChI is InChI=1S/C14H19IN4O3/c1-14(9-22-12(16)21)3-5-19(6-4-14)13-17-7-10(15)11(8-20)18(13)2/h7H,3-6,9H2,1-2H3,(H2,16,21). The number of ether oxygens (including phenoxy) is 1. The maximum absolute atomic E-state index is 11.1. The summed E-state index contributed by atoms with van der Waals surface area (Å²) in [7, 11) is 1.81. The molecule has 0 unspecified atom stereocenters. The zero-order valence-electron chi connectivity index (χ0n) is 12.6. The molecule has 0 aromatic heterocycles. The van der Waals surface area contributed by atoms with E-state index in [2.05, 4.69) is 39.4 Å². The molecule has 0 aliphatic carbocycles. The van der Waals surface area contributed by atoms with Crippen molar-refractivity contribution < 1.29 is 14.3 Å². The van der Waals surface area contributed by atoms with E-state index in [0.29, 0.717) is 12.3 Å². The van der Waals surface area contributed by atoms with Crippen LogP contribution in [0.3, 0.4) is 0 Å². The number of allylic oxidation sites excluding steroid dienone is 1. The second-order valence-corrected chi connectivity index (χ2v) is 6.98. The third-order valence-corrected chi connectivity index (χ3v) is 4.86. The smallest absolute Gasteiger partial charge is 0.404 e. The minimum atomic E-state index is -0.736. The Hall–Kier alpha value is -1.54. The molecule has 0 radical (unpaired) electrons. The summed E-state index contributed by atoms with van der Waals surface area (Å²) in [6.07, 6.45) is 2.66. The lowest BCUT2D eigenvalue weighted by atomic mass is 9.81. The molecule has 1 fully saturated rings. The van der Waals surface area contributed by atoms with Crippen LogP contribution in [0.5, 0.6) is 0 Å². The Balaban J connectivity index is 2.03. The van der Waals surface area contributed by atoms with Gasteiger partial charge in [-0.05, 0) is 35.4 Å². The number of aliphatic imine (C=N–C) groups is 1. The predicted molar refractivity (Wildman–Crippen MR) is 91.0 cm³/mol. The lowest BCUT2D eigenvalue weighted by molar-refractivity contribution is 0.0593. The molecule has 0 aromatic carbocycles. The first-order chi connectivity index (χ1) is 10.4. The van der Waals surface area contributed by atoms with Crippen molar-refractivity contribution in [1.29, 1.82) is 0 Å². The van der Waals surface area contributed by atoms with Crippen LogP contribution in [0.15, 0.2) is 20.5 Å². The maximum atomic E-state index is 11.1. The van der Waals surface area contributed by atoms with Gasteiger partial charge in [-0.25, -0.2) is 14.6 Å². The van der Waals surface area contributed by atoms with Gasteiger partial charge in [-0.3, -0.25) is 0 Å². The third kappa shape index (κ3) is 3.61. The summed E-state index contributed by atoms with van der Waals surface area (Å²) < 4.78 is 5.72. The molecule has 0 spiro atoms. The van der Waals surface area contributed by atoms with Gasteiger partial charge in [0.05, 0.1) is 10.2 Å². The summed E-state index contributed by atoms with van der Waals surface area (Å²) in [5.41, 5.74) is 5.45. The highest BCUT2D eigenvalue weighted by molar-refractivity contribution is 14.1. The van der Waals surface area contributed by atoms with Gasteiger partial charge >= 0.3 is 6.09 Å². The van der Waals surface area contributed by atoms with E-state index >= 15 is 0 Å². The quantitative estimate of drug-likeness (QED) is 0.542. The molecule has 120 valence electrons. The van der Waals surface area contributed by atoms with Gasteiger partial charge in [0.2, 0.25) is 5.96 Å². The van der Waals surface area contributed by atoms with Gasteiger partial charge in [0.25, 0.3) is 0 Å². The molecule has 2 aliphatic heterocycles. The monoisotopic (exact) mass is 418 g/mol. The van der Waals surface area contributed by atoms with Gasteiger partial charge in [0, 0.05) is 31.8 Å². The van der Waals surface area contributed by atoms with E-state index in [1.54, 1.807) is 11.1 Å². The SMILES string of the molecule is CN1C(=C=O)C(I)=CN=C1N1CCC(C)(COC(N)=O)CC1. The Kier molecular flexibility index (Phi) is 5.12. The molecule has 8 heteroatoms. The Labute approximate surface area is 143 Å². The number of likely N-dealkylation sites (N-methyl/N-ethyl adjacent to an activating group) is 1. The van der Waals surface area contributed by atoms with Crippen LogP contribution in [0, 0.1) is 5.41 Å². The Morgan fingerprint density at radius 3 is 2.73 bits per heavy atom. The van der Waals surface area contributed by atoms with Crippen LogP contribution in [0.1, 0.15) is 19.8 Å². The van der Waals surface area contributed by atoms with E-state index in [0.717, 1.165) is 35.5 Å². The molecule has 0 aromatic rings. The zero-order chi connectivity index (χ0) is 16.3. The highest BCUT2D eigenvalue weighted by Gasteiger charge is 2.34. The predicted octanol–water partition coefficient (Wildman–Crippen LogP) is 1.48. The van der Waals surface area contributed by atoms with Crippen molar-refractivity contribution in [2.75, 3.05) is 26.7 Å². The van der Waals surface area contributed by atoms with Crippen LogP contribution in [0.25, 0.3) is 0 Å². The number of carbonyl (C=O) groups is 1. The number of hydrogen-bond donors (Lipinski definition) is 1. The number of nitrogens with zero attached hydrogens (tertiary/aromatic N) is 3. The molecule has 1 amide bonds. The fourth-order valence-electron chi connectivity index (χ4n) is 2.57. The van der Waals surface area contributed by atoms with Gasteiger partial charge in [-0.15, -0.1) is 0 Å². The third-order valence-electron chi connectivity index (χ3n) is 4.07. The first kappa shape index (κ1) is 16.8. The Morgan fingerprint density at radius 2 is 2.18 bits per heavy atom. The molecule has 2 rings (SSSR count). The van der Waals surface area contributed by atoms with E-state index in [1.807, 2.05) is 13.0 Å². The molecule has 1 saturated heterocycles. The van der Waals surface area contributed by atoms with E-state index in [-0.39, 0.29) is 5.41 Å². The molecule has 2 heterocycles. The van der Waals surface area contributed by atoms with Crippen LogP contribution in [-0.4, -0.2) is 54.5 Å². The number of nitrogens with two attached hydrogens (primary N) is 1. The minimum absolute atomic E-state index is 0.0765. The number of piperidine rings is 1. The van der Waals surface area contributed by atoms with Crippen LogP contribution in [0.4, 0.5) is 4.79 Å². The van der Waals surface area contributed by atoms with Gasteiger partial charge in [-0.2, -0.15) is 0 Å². The highest BCUT2D eigenvalue weighted by atomic mass is 127. The van der Waals surface area contributed by atoms with Crippen molar-refractivity contribution >= 4 is 40.6 Å². The molecule has 7 nitrogen and oxygen atoms in total. The topological polar surface area (TPSA) is 88.2 Å². The van der Waals surface area contributed by atoms with Crippen LogP contribution in [0.2, 0.25) is 0 Å². The Morgan fingerprint density at radius 1 is 1.55 bits per heavy atom. The van der Waals surface area contributed by atoms with Crippen molar-refractivity contribution in [3.63, 3.8) is 0 Å². The molecule has 22 heavy (non-hydrogen) atoms. The van der Waals surface area contributed by atoms with E-state index in [1.165, 1.54) is 0 Å². The second kappa shape index (κ2) is 6.70. The number of amides is 1. The van der Waals surface area contributed by atoms with E-state index in [4.69, 9.17) is 10.5 Å². The average Bonchev–Trinajstić information content (AvgIpc) is 2.47. The normalized spacial score (nSPS) is 21.0. The molecule has 0 atom stereocenters. The fourth-order valence-corrected chi connectivity index (χ4v) is 3.18. The molecular weight excluding hydrogens is 399 g/mol. The van der Waals surface area contributed by atoms with Crippen LogP contribution >= 0.6 is 22.6 Å². The summed E-state index contributed by atoms with van der Waals surface area (Å²) in [6, 6.07) is 0. The minimum Gasteiger partial charge on any atom is -0.449 e. The molecule has 0 bridgehead atoms. The van der Waals surface area contributed by atoms with Crippen molar-refractivity contribution in [2.24, 2.45) is 16.1 Å². The summed E-state index contributed by atoms with van der Waals surface area (Å²) in [4.78, 5) is 30.2. The first-order valence-electron chi connectivity index (χ1n) is 6.96. The van der Waals surface area contributed by atoms with Crippen LogP contribution in [-0.2, 0) is 9.53 Å². The fraction of sp³-hybridized carbons (Fsp3) is 0.571. The average molecular weight is 418 g/mol. The lowest BCUT2D eigenvalue weighted by Crippen LogP contribution is -2.49. The largest absolute Gasteiger partial charge is 0.449 e. The number of guanidine groups is 1. The number of carbonyl (C=O) groups excluding carboxylic acids is 2. The summed E-state index contributed by atoms with van der Waals surface area (Å²) in [6.45, 7) is 3.96. The summed E-state index contributed by atoms with van der Waals surface area (Å²) in [5, 5.41) is 0. The second-order valence-electron chi connectivity index (χ2n) is 5.82. The summed E-state index contributed by atoms with van der Waals surface area (Å²) in [5.74, 6) is 2.71. The van der Waals surface area contributed by atoms with E-state index < -0.39 is 6.09 Å². The number of likely N-dealkylation sites (tertiary alicyclic amines) is 1. The van der Waals surface area contributed by atoms with Crippen molar-refractivity contribution in [3.8, 4) is 0 Å². The number of hydrogen-bond acceptors (Lipinski definition) is 6. The first-order valence-corrected chi connectivity index (χ1v) is 8.04. The van der Waals surface area contributed by atoms with Crippen molar-refractivity contribution in [2.45, 2.75) is 19.8 Å². The number of rotatable bonds is 2. The lowest BCUT2D eigenvalue weighted by Gasteiger charge is -2.42. The Bertz CT molecular complexity index is 573. The van der Waals surface area contributed by atoms with Crippen molar-refractivity contribution in [1.82, 2.24) is 9.80 Å². The molecule has 2 aliphatic rings. The zero-order valence-corrected chi connectivity index (χ0v) is 14.8. The molecule has 2 N–H and O–H groups in total. The van der Waals surface area contributed by atoms with E-state index in [9.17, 15) is 9.59 Å². The molecule has 0 saturated carbocycles. The van der Waals surface area contributed by atoms with Crippen molar-refractivity contribution in [3.05, 3.63) is 15.5 Å². The summed E-state index contributed by atoms with van der Waals surface area (Å²) >= 11 is 2.07. The highest BCUT2D eigenvalue weighted by Crippen LogP contribution is 2.33. The maximum Gasteiger partial charge on any atom is 0.404 e.